The highest BCUT2D eigenvalue weighted by molar-refractivity contribution is 5.20. The highest BCUT2D eigenvalue weighted by Gasteiger charge is 2.20. The van der Waals surface area contributed by atoms with Crippen molar-refractivity contribution < 1.29 is 4.52 Å². The second-order valence-corrected chi connectivity index (χ2v) is 4.78. The Labute approximate surface area is 105 Å². The zero-order valence-electron chi connectivity index (χ0n) is 10.7. The fourth-order valence-electron chi connectivity index (χ4n) is 2.40. The molecule has 0 saturated heterocycles. The zero-order valence-corrected chi connectivity index (χ0v) is 10.7. The minimum atomic E-state index is 0.438. The molecular weight excluding hydrogens is 230 g/mol. The topological polar surface area (TPSA) is 68.8 Å². The minimum Gasteiger partial charge on any atom is -0.361 e. The van der Waals surface area contributed by atoms with Gasteiger partial charge in [0.25, 0.3) is 0 Å². The molecular formula is C12H17N5O. The Hall–Kier alpha value is -1.69. The molecule has 18 heavy (non-hydrogen) atoms. The lowest BCUT2D eigenvalue weighted by Crippen LogP contribution is -2.37. The maximum absolute atomic E-state index is 5.16. The summed E-state index contributed by atoms with van der Waals surface area (Å²) in [6.45, 7) is 5.62. The van der Waals surface area contributed by atoms with Crippen molar-refractivity contribution in [1.29, 1.82) is 0 Å². The number of aromatic nitrogens is 4. The van der Waals surface area contributed by atoms with E-state index in [1.165, 1.54) is 5.56 Å². The molecule has 0 aromatic carbocycles. The van der Waals surface area contributed by atoms with Crippen LogP contribution in [0.4, 0.5) is 0 Å². The average molecular weight is 247 g/mol. The van der Waals surface area contributed by atoms with Crippen LogP contribution in [0.2, 0.25) is 0 Å². The Morgan fingerprint density at radius 3 is 3.17 bits per heavy atom. The molecule has 0 spiro atoms. The summed E-state index contributed by atoms with van der Waals surface area (Å²) < 4.78 is 7.14. The summed E-state index contributed by atoms with van der Waals surface area (Å²) in [5.41, 5.74) is 2.14. The Balaban J connectivity index is 1.62. The van der Waals surface area contributed by atoms with E-state index in [0.29, 0.717) is 6.04 Å². The van der Waals surface area contributed by atoms with Crippen LogP contribution in [0.5, 0.6) is 0 Å². The van der Waals surface area contributed by atoms with Crippen molar-refractivity contribution in [2.24, 2.45) is 0 Å². The smallest absolute Gasteiger partial charge is 0.138 e. The van der Waals surface area contributed by atoms with E-state index < -0.39 is 0 Å². The summed E-state index contributed by atoms with van der Waals surface area (Å²) in [5.74, 6) is 1.99. The monoisotopic (exact) mass is 247 g/mol. The first kappa shape index (κ1) is 11.4. The maximum Gasteiger partial charge on any atom is 0.138 e. The third-order valence-corrected chi connectivity index (χ3v) is 3.55. The standard InChI is InChI=1S/C12H17N5O/c1-8-11(9(2)18-16-8)5-13-10-3-4-12-14-7-15-17(12)6-10/h7,10,13H,3-6H2,1-2H3/t10-/m1/s1. The normalized spacial score (nSPS) is 18.9. The predicted octanol–water partition coefficient (Wildman–Crippen LogP) is 0.988. The SMILES string of the molecule is Cc1noc(C)c1CN[C@@H]1CCc2ncnn2C1. The van der Waals surface area contributed by atoms with Crippen molar-refractivity contribution in [2.75, 3.05) is 0 Å². The molecule has 3 heterocycles. The summed E-state index contributed by atoms with van der Waals surface area (Å²) in [6, 6.07) is 0.438. The van der Waals surface area contributed by atoms with Gasteiger partial charge in [-0.15, -0.1) is 0 Å². The fraction of sp³-hybridized carbons (Fsp3) is 0.583. The number of nitrogens with one attached hydrogen (secondary N) is 1. The molecule has 1 N–H and O–H groups in total. The van der Waals surface area contributed by atoms with Crippen LogP contribution in [0.25, 0.3) is 0 Å². The highest BCUT2D eigenvalue weighted by Crippen LogP contribution is 2.15. The van der Waals surface area contributed by atoms with Crippen LogP contribution >= 0.6 is 0 Å². The third kappa shape index (κ3) is 2.03. The largest absolute Gasteiger partial charge is 0.361 e. The number of fused-ring (bicyclic) bond motifs is 1. The van der Waals surface area contributed by atoms with E-state index in [0.717, 1.165) is 43.2 Å². The molecule has 0 saturated carbocycles. The van der Waals surface area contributed by atoms with Gasteiger partial charge in [0.15, 0.2) is 0 Å². The molecule has 1 atom stereocenters. The average Bonchev–Trinajstić information content (AvgIpc) is 2.94. The van der Waals surface area contributed by atoms with Gasteiger partial charge >= 0.3 is 0 Å². The van der Waals surface area contributed by atoms with Crippen LogP contribution in [0.15, 0.2) is 10.9 Å². The first-order valence-electron chi connectivity index (χ1n) is 6.26. The van der Waals surface area contributed by atoms with E-state index in [9.17, 15) is 0 Å². The van der Waals surface area contributed by atoms with Crippen molar-refractivity contribution in [2.45, 2.75) is 45.8 Å². The minimum absolute atomic E-state index is 0.438. The van der Waals surface area contributed by atoms with Crippen molar-refractivity contribution in [3.63, 3.8) is 0 Å². The summed E-state index contributed by atoms with van der Waals surface area (Å²) in [5, 5.41) is 11.7. The second-order valence-electron chi connectivity index (χ2n) is 4.78. The van der Waals surface area contributed by atoms with Crippen molar-refractivity contribution in [1.82, 2.24) is 25.2 Å². The molecule has 0 aliphatic carbocycles. The fourth-order valence-corrected chi connectivity index (χ4v) is 2.40. The van der Waals surface area contributed by atoms with Crippen molar-refractivity contribution in [3.05, 3.63) is 29.2 Å². The molecule has 0 amide bonds. The van der Waals surface area contributed by atoms with Crippen LogP contribution in [0.3, 0.4) is 0 Å². The van der Waals surface area contributed by atoms with Crippen molar-refractivity contribution in [3.8, 4) is 0 Å². The second kappa shape index (κ2) is 4.53. The number of hydrogen-bond donors (Lipinski definition) is 1. The lowest BCUT2D eigenvalue weighted by atomic mass is 10.1. The lowest BCUT2D eigenvalue weighted by Gasteiger charge is -2.23. The molecule has 2 aromatic rings. The van der Waals surface area contributed by atoms with Gasteiger partial charge in [-0.2, -0.15) is 5.10 Å². The summed E-state index contributed by atoms with van der Waals surface area (Å²) in [7, 11) is 0. The van der Waals surface area contributed by atoms with Crippen LogP contribution < -0.4 is 5.32 Å². The molecule has 0 radical (unpaired) electrons. The van der Waals surface area contributed by atoms with Gasteiger partial charge in [-0.05, 0) is 20.3 Å². The Morgan fingerprint density at radius 2 is 2.39 bits per heavy atom. The Kier molecular flexibility index (Phi) is 2.87. The first-order chi connectivity index (χ1) is 8.74. The molecule has 6 heteroatoms. The number of aryl methyl sites for hydroxylation is 3. The third-order valence-electron chi connectivity index (χ3n) is 3.55. The molecule has 1 aliphatic heterocycles. The zero-order chi connectivity index (χ0) is 12.5. The van der Waals surface area contributed by atoms with E-state index >= 15 is 0 Å². The molecule has 1 aliphatic rings. The van der Waals surface area contributed by atoms with Crippen LogP contribution in [-0.2, 0) is 19.5 Å². The van der Waals surface area contributed by atoms with Gasteiger partial charge in [0, 0.05) is 24.6 Å². The molecule has 0 unspecified atom stereocenters. The van der Waals surface area contributed by atoms with E-state index in [-0.39, 0.29) is 0 Å². The number of nitrogens with zero attached hydrogens (tertiary/aromatic N) is 4. The summed E-state index contributed by atoms with van der Waals surface area (Å²) in [6.07, 6.45) is 3.72. The van der Waals surface area contributed by atoms with Gasteiger partial charge < -0.3 is 9.84 Å². The van der Waals surface area contributed by atoms with Gasteiger partial charge in [-0.3, -0.25) is 0 Å². The molecule has 6 nitrogen and oxygen atoms in total. The van der Waals surface area contributed by atoms with Gasteiger partial charge in [0.1, 0.15) is 17.9 Å². The number of hydrogen-bond acceptors (Lipinski definition) is 5. The highest BCUT2D eigenvalue weighted by atomic mass is 16.5. The van der Waals surface area contributed by atoms with Crippen LogP contribution in [0, 0.1) is 13.8 Å². The van der Waals surface area contributed by atoms with Gasteiger partial charge in [-0.25, -0.2) is 9.67 Å². The van der Waals surface area contributed by atoms with Gasteiger partial charge in [0.05, 0.1) is 12.2 Å². The van der Waals surface area contributed by atoms with E-state index in [1.807, 2.05) is 18.5 Å². The molecule has 96 valence electrons. The van der Waals surface area contributed by atoms with Crippen molar-refractivity contribution >= 4 is 0 Å². The van der Waals surface area contributed by atoms with Crippen LogP contribution in [0.1, 0.15) is 29.3 Å². The maximum atomic E-state index is 5.16. The molecule has 0 bridgehead atoms. The predicted molar refractivity (Wildman–Crippen MR) is 64.9 cm³/mol. The Morgan fingerprint density at radius 1 is 1.50 bits per heavy atom. The van der Waals surface area contributed by atoms with E-state index in [2.05, 4.69) is 20.6 Å². The summed E-state index contributed by atoms with van der Waals surface area (Å²) >= 11 is 0. The molecule has 2 aromatic heterocycles. The molecule has 0 fully saturated rings. The van der Waals surface area contributed by atoms with Gasteiger partial charge in [0.2, 0.25) is 0 Å². The van der Waals surface area contributed by atoms with Gasteiger partial charge in [-0.1, -0.05) is 5.16 Å². The van der Waals surface area contributed by atoms with Crippen LogP contribution in [-0.4, -0.2) is 26.0 Å². The lowest BCUT2D eigenvalue weighted by molar-refractivity contribution is 0.356. The number of rotatable bonds is 3. The first-order valence-corrected chi connectivity index (χ1v) is 6.26. The molecule has 3 rings (SSSR count). The quantitative estimate of drug-likeness (QED) is 0.876. The summed E-state index contributed by atoms with van der Waals surface area (Å²) in [4.78, 5) is 4.23. The van der Waals surface area contributed by atoms with E-state index in [1.54, 1.807) is 6.33 Å². The Bertz CT molecular complexity index is 525. The van der Waals surface area contributed by atoms with E-state index in [4.69, 9.17) is 4.52 Å².